The van der Waals surface area contributed by atoms with Crippen molar-refractivity contribution in [1.29, 1.82) is 0 Å². The van der Waals surface area contributed by atoms with Crippen molar-refractivity contribution in [3.8, 4) is 11.5 Å². The fraction of sp³-hybridized carbons (Fsp3) is 0.407. The van der Waals surface area contributed by atoms with Gasteiger partial charge in [-0.15, -0.1) is 0 Å². The predicted octanol–water partition coefficient (Wildman–Crippen LogP) is 3.06. The van der Waals surface area contributed by atoms with Crippen LogP contribution in [0.1, 0.15) is 29.3 Å². The van der Waals surface area contributed by atoms with Crippen LogP contribution in [-0.4, -0.2) is 50.4 Å². The molecule has 0 unspecified atom stereocenters. The van der Waals surface area contributed by atoms with Crippen LogP contribution < -0.4 is 14.4 Å². The van der Waals surface area contributed by atoms with Crippen molar-refractivity contribution < 1.29 is 33.4 Å². The average Bonchev–Trinajstić information content (AvgIpc) is 3.64. The van der Waals surface area contributed by atoms with Crippen molar-refractivity contribution in [3.05, 3.63) is 53.6 Å². The number of nitrogens with zero attached hydrogens (tertiary/aromatic N) is 2. The molecule has 9 nitrogen and oxygen atoms in total. The molecule has 2 amide bonds. The van der Waals surface area contributed by atoms with Crippen LogP contribution >= 0.6 is 0 Å². The van der Waals surface area contributed by atoms with E-state index in [9.17, 15) is 14.4 Å². The highest BCUT2D eigenvalue weighted by Crippen LogP contribution is 2.62. The maximum Gasteiger partial charge on any atom is 0.338 e. The quantitative estimate of drug-likeness (QED) is 0.453. The fourth-order valence-corrected chi connectivity index (χ4v) is 6.57. The second-order valence-electron chi connectivity index (χ2n) is 9.53. The van der Waals surface area contributed by atoms with Gasteiger partial charge >= 0.3 is 5.97 Å². The van der Waals surface area contributed by atoms with Crippen LogP contribution in [0.25, 0.3) is 0 Å². The molecule has 0 N–H and O–H groups in total. The van der Waals surface area contributed by atoms with E-state index in [2.05, 4.69) is 5.16 Å². The van der Waals surface area contributed by atoms with Crippen molar-refractivity contribution in [2.24, 2.45) is 34.7 Å². The van der Waals surface area contributed by atoms with Crippen molar-refractivity contribution in [2.75, 3.05) is 25.7 Å². The van der Waals surface area contributed by atoms with Crippen LogP contribution in [0.2, 0.25) is 0 Å². The molecule has 6 rings (SSSR count). The van der Waals surface area contributed by atoms with Gasteiger partial charge in [0.2, 0.25) is 11.8 Å². The van der Waals surface area contributed by atoms with E-state index in [1.165, 1.54) is 4.90 Å². The molecular formula is C27H26N2O7. The number of fused-ring (bicyclic) bond motifs is 8. The fourth-order valence-electron chi connectivity index (χ4n) is 6.57. The van der Waals surface area contributed by atoms with E-state index in [0.29, 0.717) is 22.7 Å². The lowest BCUT2D eigenvalue weighted by molar-refractivity contribution is -0.125. The maximum atomic E-state index is 13.6. The van der Waals surface area contributed by atoms with E-state index in [0.717, 1.165) is 17.7 Å². The Morgan fingerprint density at radius 2 is 1.72 bits per heavy atom. The third-order valence-corrected chi connectivity index (χ3v) is 8.01. The Balaban J connectivity index is 1.29. The molecule has 4 aliphatic rings. The number of benzene rings is 2. The highest BCUT2D eigenvalue weighted by molar-refractivity contribution is 6.23. The number of anilines is 1. The highest BCUT2D eigenvalue weighted by Gasteiger charge is 2.70. The number of hydrogen-bond acceptors (Lipinski definition) is 8. The summed E-state index contributed by atoms with van der Waals surface area (Å²) in [4.78, 5) is 46.3. The molecular weight excluding hydrogens is 464 g/mol. The second-order valence-corrected chi connectivity index (χ2v) is 9.53. The SMILES string of the molecule is CCOC(=O)c1ccc(N2C(=O)[C@@H]3[C@H]4C[C@H]([C@@H]5ON=C(c6ccc(OC)cc6OC)[C@H]45)[C@@H]3C2=O)cc1. The third kappa shape index (κ3) is 3.08. The molecule has 2 aromatic rings. The summed E-state index contributed by atoms with van der Waals surface area (Å²) >= 11 is 0. The first-order valence-corrected chi connectivity index (χ1v) is 12.1. The minimum atomic E-state index is -0.441. The highest BCUT2D eigenvalue weighted by atomic mass is 16.6. The topological polar surface area (TPSA) is 104 Å². The van der Waals surface area contributed by atoms with Gasteiger partial charge in [-0.3, -0.25) is 14.5 Å². The molecule has 3 fully saturated rings. The Bertz CT molecular complexity index is 1290. The third-order valence-electron chi connectivity index (χ3n) is 8.01. The molecule has 0 spiro atoms. The summed E-state index contributed by atoms with van der Waals surface area (Å²) in [5.74, 6) is -0.661. The van der Waals surface area contributed by atoms with E-state index < -0.39 is 17.8 Å². The summed E-state index contributed by atoms with van der Waals surface area (Å²) in [6.45, 7) is 2.01. The first-order chi connectivity index (χ1) is 17.5. The molecule has 2 aromatic carbocycles. The molecule has 2 aliphatic heterocycles. The van der Waals surface area contributed by atoms with E-state index in [-0.39, 0.29) is 42.3 Å². The first kappa shape index (κ1) is 22.6. The standard InChI is InChI=1S/C27H26N2O7/c1-4-35-27(32)13-5-7-14(8-6-13)29-25(30)20-17-12-18(21(20)26(29)31)24-22(17)23(28-36-24)16-10-9-15(33-2)11-19(16)34-3/h5-11,17-18,20-22,24H,4,12H2,1-3H3/t17-,18+,20-,21+,22+,24+/m1/s1. The van der Waals surface area contributed by atoms with Crippen molar-refractivity contribution >= 4 is 29.2 Å². The normalized spacial score (nSPS) is 29.5. The summed E-state index contributed by atoms with van der Waals surface area (Å²) in [6.07, 6.45) is 0.496. The molecule has 0 radical (unpaired) electrons. The minimum absolute atomic E-state index is 0.0571. The number of imide groups is 1. The predicted molar refractivity (Wildman–Crippen MR) is 128 cm³/mol. The number of ether oxygens (including phenoxy) is 3. The molecule has 2 heterocycles. The zero-order chi connectivity index (χ0) is 25.1. The van der Waals surface area contributed by atoms with Gasteiger partial charge in [-0.05, 0) is 55.7 Å². The van der Waals surface area contributed by atoms with Gasteiger partial charge in [-0.25, -0.2) is 4.79 Å². The summed E-state index contributed by atoms with van der Waals surface area (Å²) < 4.78 is 15.9. The van der Waals surface area contributed by atoms with Crippen LogP contribution in [0.15, 0.2) is 47.6 Å². The zero-order valence-corrected chi connectivity index (χ0v) is 20.2. The molecule has 6 atom stereocenters. The molecule has 1 saturated heterocycles. The summed E-state index contributed by atoms with van der Waals surface area (Å²) in [5.41, 5.74) is 2.39. The minimum Gasteiger partial charge on any atom is -0.497 e. The van der Waals surface area contributed by atoms with Crippen LogP contribution in [0.4, 0.5) is 5.69 Å². The van der Waals surface area contributed by atoms with Crippen molar-refractivity contribution in [3.63, 3.8) is 0 Å². The van der Waals surface area contributed by atoms with Crippen molar-refractivity contribution in [1.82, 2.24) is 0 Å². The van der Waals surface area contributed by atoms with Gasteiger partial charge in [-0.1, -0.05) is 5.16 Å². The number of carbonyl (C=O) groups is 3. The molecule has 0 aromatic heterocycles. The van der Waals surface area contributed by atoms with E-state index in [1.54, 1.807) is 51.5 Å². The van der Waals surface area contributed by atoms with Gasteiger partial charge in [0, 0.05) is 23.5 Å². The Hall–Kier alpha value is -3.88. The lowest BCUT2D eigenvalue weighted by atomic mass is 9.71. The Kier molecular flexibility index (Phi) is 5.24. The molecule has 9 heteroatoms. The molecule has 186 valence electrons. The van der Waals surface area contributed by atoms with E-state index in [1.807, 2.05) is 12.1 Å². The van der Waals surface area contributed by atoms with Gasteiger partial charge in [0.1, 0.15) is 17.6 Å². The Labute approximate surface area is 207 Å². The first-order valence-electron chi connectivity index (χ1n) is 12.1. The number of methoxy groups -OCH3 is 2. The number of rotatable bonds is 6. The monoisotopic (exact) mass is 490 g/mol. The van der Waals surface area contributed by atoms with Gasteiger partial charge in [0.25, 0.3) is 0 Å². The lowest BCUT2D eigenvalue weighted by Crippen LogP contribution is -2.41. The van der Waals surface area contributed by atoms with Gasteiger partial charge in [0.05, 0.1) is 49.6 Å². The number of esters is 1. The lowest BCUT2D eigenvalue weighted by Gasteiger charge is -2.30. The van der Waals surface area contributed by atoms with Crippen LogP contribution in [0.3, 0.4) is 0 Å². The smallest absolute Gasteiger partial charge is 0.338 e. The second kappa shape index (κ2) is 8.36. The van der Waals surface area contributed by atoms with Crippen molar-refractivity contribution in [2.45, 2.75) is 19.4 Å². The largest absolute Gasteiger partial charge is 0.497 e. The van der Waals surface area contributed by atoms with E-state index >= 15 is 0 Å². The summed E-state index contributed by atoms with van der Waals surface area (Å²) in [7, 11) is 3.18. The van der Waals surface area contributed by atoms with Gasteiger partial charge in [-0.2, -0.15) is 0 Å². The number of oxime groups is 1. The molecule has 2 saturated carbocycles. The van der Waals surface area contributed by atoms with Gasteiger partial charge < -0.3 is 19.0 Å². The number of carbonyl (C=O) groups excluding carboxylic acids is 3. The zero-order valence-electron chi connectivity index (χ0n) is 20.2. The summed E-state index contributed by atoms with van der Waals surface area (Å²) in [6, 6.07) is 11.9. The molecule has 2 aliphatic carbocycles. The maximum absolute atomic E-state index is 13.6. The Morgan fingerprint density at radius 1 is 1.00 bits per heavy atom. The Morgan fingerprint density at radius 3 is 2.39 bits per heavy atom. The number of hydrogen-bond donors (Lipinski definition) is 0. The van der Waals surface area contributed by atoms with Crippen LogP contribution in [-0.2, 0) is 19.2 Å². The van der Waals surface area contributed by atoms with Gasteiger partial charge in [0.15, 0.2) is 0 Å². The molecule has 2 bridgehead atoms. The van der Waals surface area contributed by atoms with Crippen LogP contribution in [0.5, 0.6) is 11.5 Å². The average molecular weight is 491 g/mol. The number of amides is 2. The summed E-state index contributed by atoms with van der Waals surface area (Å²) in [5, 5.41) is 4.41. The molecule has 36 heavy (non-hydrogen) atoms. The van der Waals surface area contributed by atoms with E-state index in [4.69, 9.17) is 19.0 Å². The van der Waals surface area contributed by atoms with Crippen LogP contribution in [0, 0.1) is 29.6 Å².